The molecule has 2 aromatic carbocycles. The third kappa shape index (κ3) is 2.83. The van der Waals surface area contributed by atoms with Gasteiger partial charge < -0.3 is 10.5 Å². The lowest BCUT2D eigenvalue weighted by Gasteiger charge is -2.25. The average Bonchev–Trinajstić information content (AvgIpc) is 3.01. The van der Waals surface area contributed by atoms with E-state index in [-0.39, 0.29) is 34.0 Å². The molecule has 1 aromatic heterocycles. The van der Waals surface area contributed by atoms with Crippen LogP contribution in [-0.2, 0) is 0 Å². The van der Waals surface area contributed by atoms with Crippen LogP contribution in [0.15, 0.2) is 64.8 Å². The molecule has 0 aliphatic carbocycles. The molecule has 0 bridgehead atoms. The molecule has 1 aliphatic rings. The topological polar surface area (TPSA) is 140 Å². The predicted molar refractivity (Wildman–Crippen MR) is 104 cm³/mol. The van der Waals surface area contributed by atoms with E-state index < -0.39 is 10.8 Å². The first-order valence-electron chi connectivity index (χ1n) is 8.65. The predicted octanol–water partition coefficient (Wildman–Crippen LogP) is 2.60. The number of rotatable bonds is 3. The van der Waals surface area contributed by atoms with Crippen LogP contribution < -0.4 is 16.0 Å². The van der Waals surface area contributed by atoms with Gasteiger partial charge in [0.15, 0.2) is 0 Å². The van der Waals surface area contributed by atoms with E-state index in [2.05, 4.69) is 5.10 Å². The Hall–Kier alpha value is -4.32. The molecule has 144 valence electrons. The number of allylic oxidation sites excluding steroid dienone is 1. The van der Waals surface area contributed by atoms with Gasteiger partial charge in [-0.05, 0) is 25.1 Å². The van der Waals surface area contributed by atoms with Crippen molar-refractivity contribution < 1.29 is 9.66 Å². The Bertz CT molecular complexity index is 1260. The van der Waals surface area contributed by atoms with Crippen molar-refractivity contribution in [2.45, 2.75) is 12.8 Å². The molecule has 9 heteroatoms. The molecule has 0 fully saturated rings. The van der Waals surface area contributed by atoms with E-state index in [1.54, 1.807) is 31.2 Å². The van der Waals surface area contributed by atoms with Crippen LogP contribution in [0.2, 0.25) is 0 Å². The van der Waals surface area contributed by atoms with Crippen LogP contribution in [0, 0.1) is 28.4 Å². The highest BCUT2D eigenvalue weighted by Crippen LogP contribution is 2.43. The average molecular weight is 389 g/mol. The minimum atomic E-state index is -0.891. The van der Waals surface area contributed by atoms with Crippen molar-refractivity contribution in [3.63, 3.8) is 0 Å². The Balaban J connectivity index is 1.99. The number of nitrogens with one attached hydrogen (secondary N) is 1. The maximum absolute atomic E-state index is 13.3. The molecular weight excluding hydrogens is 374 g/mol. The second-order valence-corrected chi connectivity index (χ2v) is 6.53. The van der Waals surface area contributed by atoms with Gasteiger partial charge in [0.25, 0.3) is 11.2 Å². The van der Waals surface area contributed by atoms with Gasteiger partial charge in [-0.2, -0.15) is 5.26 Å². The molecule has 3 N–H and O–H groups in total. The van der Waals surface area contributed by atoms with E-state index >= 15 is 0 Å². The molecule has 0 amide bonds. The molecule has 9 nitrogen and oxygen atoms in total. The highest BCUT2D eigenvalue weighted by atomic mass is 16.6. The van der Waals surface area contributed by atoms with Gasteiger partial charge in [-0.25, -0.2) is 4.68 Å². The van der Waals surface area contributed by atoms with Crippen LogP contribution in [0.25, 0.3) is 5.69 Å². The number of nitro benzene ring substituents is 1. The normalized spacial score (nSPS) is 15.4. The minimum absolute atomic E-state index is 0.0254. The number of hydrogen-bond donors (Lipinski definition) is 2. The number of H-pyrrole nitrogens is 1. The lowest BCUT2D eigenvalue weighted by atomic mass is 9.83. The summed E-state index contributed by atoms with van der Waals surface area (Å²) in [6.07, 6.45) is 0. The standard InChI is InChI=1S/C20H15N5O4/c1-11-17(20(26)24(23-11)12-5-3-2-4-6-12)18-14-9-13(25(27)28)7-8-16(14)29-19(22)15(18)10-21/h2-9,18,23H,22H2,1H3. The largest absolute Gasteiger partial charge is 0.440 e. The first kappa shape index (κ1) is 18.1. The van der Waals surface area contributed by atoms with Gasteiger partial charge in [-0.3, -0.25) is 20.0 Å². The number of para-hydroxylation sites is 1. The quantitative estimate of drug-likeness (QED) is 0.521. The summed E-state index contributed by atoms with van der Waals surface area (Å²) in [5, 5.41) is 24.0. The number of aromatic nitrogens is 2. The number of nitrogens with zero attached hydrogens (tertiary/aromatic N) is 3. The highest BCUT2D eigenvalue weighted by molar-refractivity contribution is 5.59. The minimum Gasteiger partial charge on any atom is -0.440 e. The number of nitrogens with two attached hydrogens (primary N) is 1. The van der Waals surface area contributed by atoms with Gasteiger partial charge in [0.1, 0.15) is 17.4 Å². The molecule has 29 heavy (non-hydrogen) atoms. The third-order valence-corrected chi connectivity index (χ3v) is 4.83. The zero-order chi connectivity index (χ0) is 20.7. The summed E-state index contributed by atoms with van der Waals surface area (Å²) < 4.78 is 6.85. The van der Waals surface area contributed by atoms with Gasteiger partial charge in [-0.15, -0.1) is 0 Å². The van der Waals surface area contributed by atoms with Crippen molar-refractivity contribution in [1.82, 2.24) is 9.78 Å². The summed E-state index contributed by atoms with van der Waals surface area (Å²) in [4.78, 5) is 24.0. The number of fused-ring (bicyclic) bond motifs is 1. The van der Waals surface area contributed by atoms with Crippen molar-refractivity contribution in [2.24, 2.45) is 5.73 Å². The van der Waals surface area contributed by atoms with Crippen molar-refractivity contribution in [3.05, 3.63) is 97.3 Å². The molecule has 1 aliphatic heterocycles. The van der Waals surface area contributed by atoms with Gasteiger partial charge in [-0.1, -0.05) is 18.2 Å². The Kier molecular flexibility index (Phi) is 4.16. The maximum Gasteiger partial charge on any atom is 0.275 e. The highest BCUT2D eigenvalue weighted by Gasteiger charge is 2.36. The summed E-state index contributed by atoms with van der Waals surface area (Å²) in [7, 11) is 0. The number of aryl methyl sites for hydroxylation is 1. The number of hydrogen-bond acceptors (Lipinski definition) is 6. The number of aromatic amines is 1. The molecule has 0 spiro atoms. The van der Waals surface area contributed by atoms with E-state index in [0.717, 1.165) is 0 Å². The van der Waals surface area contributed by atoms with Crippen molar-refractivity contribution in [3.8, 4) is 17.5 Å². The molecule has 1 unspecified atom stereocenters. The zero-order valence-electron chi connectivity index (χ0n) is 15.2. The van der Waals surface area contributed by atoms with Crippen LogP contribution in [-0.4, -0.2) is 14.7 Å². The zero-order valence-corrected chi connectivity index (χ0v) is 15.2. The Labute approximate surface area is 164 Å². The molecule has 0 radical (unpaired) electrons. The fraction of sp³-hybridized carbons (Fsp3) is 0.100. The van der Waals surface area contributed by atoms with Gasteiger partial charge in [0, 0.05) is 23.4 Å². The second kappa shape index (κ2) is 6.69. The van der Waals surface area contributed by atoms with Crippen molar-refractivity contribution >= 4 is 5.69 Å². The molecule has 0 saturated carbocycles. The fourth-order valence-corrected chi connectivity index (χ4v) is 3.52. The number of benzene rings is 2. The number of nitro groups is 1. The van der Waals surface area contributed by atoms with Crippen LogP contribution in [0.4, 0.5) is 5.69 Å². The number of ether oxygens (including phenoxy) is 1. The smallest absolute Gasteiger partial charge is 0.275 e. The van der Waals surface area contributed by atoms with Gasteiger partial charge >= 0.3 is 0 Å². The summed E-state index contributed by atoms with van der Waals surface area (Å²) in [5.74, 6) is -0.758. The van der Waals surface area contributed by atoms with Crippen molar-refractivity contribution in [2.75, 3.05) is 0 Å². The molecular formula is C20H15N5O4. The number of non-ortho nitro benzene ring substituents is 1. The molecule has 2 heterocycles. The van der Waals surface area contributed by atoms with E-state index in [9.17, 15) is 20.2 Å². The fourth-order valence-electron chi connectivity index (χ4n) is 3.52. The summed E-state index contributed by atoms with van der Waals surface area (Å²) in [6, 6.07) is 14.9. The van der Waals surface area contributed by atoms with Gasteiger partial charge in [0.05, 0.1) is 22.1 Å². The van der Waals surface area contributed by atoms with E-state index in [0.29, 0.717) is 16.9 Å². The molecule has 1 atom stereocenters. The summed E-state index contributed by atoms with van der Waals surface area (Å²) in [6.45, 7) is 1.70. The monoisotopic (exact) mass is 389 g/mol. The van der Waals surface area contributed by atoms with E-state index in [1.165, 1.54) is 22.9 Å². The first-order chi connectivity index (χ1) is 13.9. The summed E-state index contributed by atoms with van der Waals surface area (Å²) >= 11 is 0. The first-order valence-corrected chi connectivity index (χ1v) is 8.65. The Morgan fingerprint density at radius 3 is 2.66 bits per heavy atom. The summed E-state index contributed by atoms with van der Waals surface area (Å²) in [5.41, 5.74) is 7.15. The number of nitriles is 1. The van der Waals surface area contributed by atoms with Gasteiger partial charge in [0.2, 0.25) is 5.88 Å². The Morgan fingerprint density at radius 1 is 1.28 bits per heavy atom. The Morgan fingerprint density at radius 2 is 2.00 bits per heavy atom. The van der Waals surface area contributed by atoms with Crippen LogP contribution in [0.1, 0.15) is 22.7 Å². The second-order valence-electron chi connectivity index (χ2n) is 6.53. The SMILES string of the molecule is Cc1[nH]n(-c2ccccc2)c(=O)c1C1C(C#N)=C(N)Oc2ccc([N+](=O)[O-])cc21. The molecule has 4 rings (SSSR count). The lowest BCUT2D eigenvalue weighted by Crippen LogP contribution is -2.26. The van der Waals surface area contributed by atoms with Crippen LogP contribution in [0.5, 0.6) is 5.75 Å². The van der Waals surface area contributed by atoms with E-state index in [4.69, 9.17) is 10.5 Å². The maximum atomic E-state index is 13.3. The molecule has 3 aromatic rings. The molecule has 0 saturated heterocycles. The lowest BCUT2D eigenvalue weighted by molar-refractivity contribution is -0.384. The van der Waals surface area contributed by atoms with E-state index in [1.807, 2.05) is 12.1 Å². The van der Waals surface area contributed by atoms with Crippen LogP contribution in [0.3, 0.4) is 0 Å². The van der Waals surface area contributed by atoms with Crippen molar-refractivity contribution in [1.29, 1.82) is 5.26 Å². The van der Waals surface area contributed by atoms with Crippen LogP contribution >= 0.6 is 0 Å². The third-order valence-electron chi connectivity index (χ3n) is 4.83.